The van der Waals surface area contributed by atoms with E-state index in [-0.39, 0.29) is 29.5 Å². The van der Waals surface area contributed by atoms with E-state index in [0.29, 0.717) is 29.6 Å². The first-order valence-corrected chi connectivity index (χ1v) is 11.3. The number of aliphatic carboxylic acids is 1. The van der Waals surface area contributed by atoms with Crippen LogP contribution < -0.4 is 0 Å². The van der Waals surface area contributed by atoms with Gasteiger partial charge in [-0.2, -0.15) is 0 Å². The summed E-state index contributed by atoms with van der Waals surface area (Å²) in [6.45, 7) is 4.90. The zero-order valence-corrected chi connectivity index (χ0v) is 17.1. The van der Waals surface area contributed by atoms with E-state index >= 15 is 0 Å². The van der Waals surface area contributed by atoms with Gasteiger partial charge in [0.1, 0.15) is 0 Å². The number of hydrogen-bond donors (Lipinski definition) is 3. The van der Waals surface area contributed by atoms with E-state index in [1.807, 2.05) is 0 Å². The number of carboxylic acids is 1. The van der Waals surface area contributed by atoms with Crippen LogP contribution in [0.15, 0.2) is 0 Å². The molecule has 0 radical (unpaired) electrons. The van der Waals surface area contributed by atoms with Crippen LogP contribution in [0, 0.1) is 40.4 Å². The van der Waals surface area contributed by atoms with Crippen LogP contribution in [0.4, 0.5) is 0 Å². The maximum Gasteiger partial charge on any atom is 0.303 e. The number of aliphatic hydroxyl groups excluding tert-OH is 2. The summed E-state index contributed by atoms with van der Waals surface area (Å²) in [5, 5.41) is 30.3. The monoisotopic (exact) mass is 378 g/mol. The Hall–Kier alpha value is -0.610. The van der Waals surface area contributed by atoms with E-state index in [1.54, 1.807) is 0 Å². The highest BCUT2D eigenvalue weighted by atomic mass is 16.4. The van der Waals surface area contributed by atoms with Crippen molar-refractivity contribution in [1.82, 2.24) is 0 Å². The number of aliphatic hydroxyl groups is 2. The number of rotatable bonds is 4. The third kappa shape index (κ3) is 3.15. The minimum atomic E-state index is -0.681. The SMILES string of the molecule is C[C@]12CC[C@@H](O)CC1C[C@@H](O)C1C2CC[C@@]2(C)C1CC[C@@H]2CCCC(=O)O. The van der Waals surface area contributed by atoms with Crippen molar-refractivity contribution in [3.8, 4) is 0 Å². The second-order valence-corrected chi connectivity index (χ2v) is 10.8. The van der Waals surface area contributed by atoms with Gasteiger partial charge in [0.05, 0.1) is 12.2 Å². The Labute approximate surface area is 163 Å². The summed E-state index contributed by atoms with van der Waals surface area (Å²) in [4.78, 5) is 10.9. The summed E-state index contributed by atoms with van der Waals surface area (Å²) < 4.78 is 0. The molecule has 3 N–H and O–H groups in total. The fourth-order valence-electron chi connectivity index (χ4n) is 8.28. The lowest BCUT2D eigenvalue weighted by Gasteiger charge is -2.62. The molecule has 0 bridgehead atoms. The maximum absolute atomic E-state index is 11.2. The molecule has 0 aromatic rings. The molecule has 4 heteroatoms. The van der Waals surface area contributed by atoms with Gasteiger partial charge in [-0.25, -0.2) is 0 Å². The van der Waals surface area contributed by atoms with Crippen LogP contribution in [-0.2, 0) is 4.79 Å². The predicted octanol–water partition coefficient (Wildman–Crippen LogP) is 4.23. The highest BCUT2D eigenvalue weighted by Gasteiger charge is 2.62. The Morgan fingerprint density at radius 1 is 0.963 bits per heavy atom. The Morgan fingerprint density at radius 2 is 1.67 bits per heavy atom. The average Bonchev–Trinajstić information content (AvgIpc) is 2.93. The van der Waals surface area contributed by atoms with Crippen molar-refractivity contribution in [2.45, 2.75) is 96.7 Å². The first-order valence-electron chi connectivity index (χ1n) is 11.3. The molecular formula is C23H38O4. The smallest absolute Gasteiger partial charge is 0.303 e. The van der Waals surface area contributed by atoms with Gasteiger partial charge in [0.25, 0.3) is 0 Å². The van der Waals surface area contributed by atoms with Crippen molar-refractivity contribution in [1.29, 1.82) is 0 Å². The van der Waals surface area contributed by atoms with Crippen LogP contribution >= 0.6 is 0 Å². The van der Waals surface area contributed by atoms with Crippen LogP contribution in [0.25, 0.3) is 0 Å². The third-order valence-electron chi connectivity index (χ3n) is 9.80. The number of fused-ring (bicyclic) bond motifs is 5. The van der Waals surface area contributed by atoms with Crippen molar-refractivity contribution in [2.75, 3.05) is 0 Å². The van der Waals surface area contributed by atoms with E-state index in [4.69, 9.17) is 5.11 Å². The molecule has 4 aliphatic carbocycles. The van der Waals surface area contributed by atoms with Crippen LogP contribution in [-0.4, -0.2) is 33.5 Å². The van der Waals surface area contributed by atoms with E-state index in [9.17, 15) is 15.0 Å². The zero-order valence-electron chi connectivity index (χ0n) is 17.1. The maximum atomic E-state index is 11.2. The Balaban J connectivity index is 1.53. The molecule has 0 saturated heterocycles. The van der Waals surface area contributed by atoms with Gasteiger partial charge in [0.15, 0.2) is 0 Å². The van der Waals surface area contributed by atoms with E-state index in [0.717, 1.165) is 38.5 Å². The fraction of sp³-hybridized carbons (Fsp3) is 0.957. The average molecular weight is 379 g/mol. The van der Waals surface area contributed by atoms with Crippen molar-refractivity contribution in [3.63, 3.8) is 0 Å². The Kier molecular flexibility index (Phi) is 5.12. The zero-order chi connectivity index (χ0) is 19.4. The van der Waals surface area contributed by atoms with E-state index < -0.39 is 5.97 Å². The first-order chi connectivity index (χ1) is 12.8. The summed E-state index contributed by atoms with van der Waals surface area (Å²) >= 11 is 0. The molecule has 4 rings (SSSR count). The summed E-state index contributed by atoms with van der Waals surface area (Å²) in [7, 11) is 0. The number of hydrogen-bond acceptors (Lipinski definition) is 3. The van der Waals surface area contributed by atoms with Crippen LogP contribution in [0.5, 0.6) is 0 Å². The lowest BCUT2D eigenvalue weighted by Crippen LogP contribution is -2.58. The predicted molar refractivity (Wildman–Crippen MR) is 104 cm³/mol. The van der Waals surface area contributed by atoms with Gasteiger partial charge in [-0.05, 0) is 105 Å². The van der Waals surface area contributed by atoms with E-state index in [2.05, 4.69) is 13.8 Å². The van der Waals surface area contributed by atoms with Gasteiger partial charge in [-0.15, -0.1) is 0 Å². The summed E-state index contributed by atoms with van der Waals surface area (Å²) in [6, 6.07) is 0. The van der Waals surface area contributed by atoms with Crippen LogP contribution in [0.3, 0.4) is 0 Å². The topological polar surface area (TPSA) is 77.8 Å². The highest BCUT2D eigenvalue weighted by molar-refractivity contribution is 5.66. The molecule has 9 atom stereocenters. The van der Waals surface area contributed by atoms with E-state index in [1.165, 1.54) is 25.7 Å². The lowest BCUT2D eigenvalue weighted by molar-refractivity contribution is -0.172. The minimum Gasteiger partial charge on any atom is -0.481 e. The summed E-state index contributed by atoms with van der Waals surface area (Å²) in [5.41, 5.74) is 0.559. The molecule has 4 aliphatic rings. The van der Waals surface area contributed by atoms with Gasteiger partial charge in [0.2, 0.25) is 0 Å². The second kappa shape index (κ2) is 7.02. The molecule has 4 fully saturated rings. The minimum absolute atomic E-state index is 0.175. The Morgan fingerprint density at radius 3 is 2.41 bits per heavy atom. The Bertz CT molecular complexity index is 577. The lowest BCUT2D eigenvalue weighted by atomic mass is 9.44. The van der Waals surface area contributed by atoms with Crippen molar-refractivity contribution in [3.05, 3.63) is 0 Å². The molecule has 0 aliphatic heterocycles. The quantitative estimate of drug-likeness (QED) is 0.684. The van der Waals surface area contributed by atoms with Crippen LogP contribution in [0.2, 0.25) is 0 Å². The van der Waals surface area contributed by atoms with Crippen LogP contribution in [0.1, 0.15) is 84.5 Å². The molecule has 4 nitrogen and oxygen atoms in total. The molecule has 0 spiro atoms. The third-order valence-corrected chi connectivity index (χ3v) is 9.80. The molecule has 4 saturated carbocycles. The van der Waals surface area contributed by atoms with Crippen molar-refractivity contribution in [2.24, 2.45) is 40.4 Å². The molecule has 4 unspecified atom stereocenters. The first kappa shape index (κ1) is 19.7. The normalized spacial score (nSPS) is 51.9. The van der Waals surface area contributed by atoms with Gasteiger partial charge < -0.3 is 15.3 Å². The van der Waals surface area contributed by atoms with Crippen molar-refractivity contribution >= 4 is 5.97 Å². The number of carboxylic acid groups (broad SMARTS) is 1. The molecule has 154 valence electrons. The van der Waals surface area contributed by atoms with Gasteiger partial charge in [0, 0.05) is 6.42 Å². The standard InChI is InChI=1S/C23H38O4/c1-22-11-9-18-21(17(22)7-6-14(22)4-3-5-20(26)27)19(25)13-15-12-16(24)8-10-23(15,18)2/h14-19,21,24-25H,3-13H2,1-2H3,(H,26,27)/t14-,15?,16+,17?,18?,19+,21?,22+,23-/m0/s1. The molecule has 0 heterocycles. The highest BCUT2D eigenvalue weighted by Crippen LogP contribution is 2.67. The molecule has 0 aromatic heterocycles. The molecular weight excluding hydrogens is 340 g/mol. The van der Waals surface area contributed by atoms with Gasteiger partial charge in [-0.3, -0.25) is 4.79 Å². The summed E-state index contributed by atoms with van der Waals surface area (Å²) in [6.07, 6.45) is 10.3. The fourth-order valence-corrected chi connectivity index (χ4v) is 8.28. The molecule has 27 heavy (non-hydrogen) atoms. The number of carbonyl (C=O) groups is 1. The van der Waals surface area contributed by atoms with Gasteiger partial charge >= 0.3 is 5.97 Å². The summed E-state index contributed by atoms with van der Waals surface area (Å²) in [5.74, 6) is 1.99. The largest absolute Gasteiger partial charge is 0.481 e. The molecule has 0 amide bonds. The molecule has 0 aromatic carbocycles. The van der Waals surface area contributed by atoms with Gasteiger partial charge in [-0.1, -0.05) is 13.8 Å². The van der Waals surface area contributed by atoms with Crippen molar-refractivity contribution < 1.29 is 20.1 Å². The second-order valence-electron chi connectivity index (χ2n) is 10.8.